The summed E-state index contributed by atoms with van der Waals surface area (Å²) in [6.45, 7) is 0. The number of nitrogens with one attached hydrogen (secondary N) is 1. The van der Waals surface area contributed by atoms with Gasteiger partial charge in [-0.15, -0.1) is 0 Å². The lowest BCUT2D eigenvalue weighted by molar-refractivity contribution is -0.138. The van der Waals surface area contributed by atoms with E-state index >= 15 is 0 Å². The molecular formula is C12H19NO3. The first-order chi connectivity index (χ1) is 7.65. The van der Waals surface area contributed by atoms with Gasteiger partial charge in [0.1, 0.15) is 0 Å². The van der Waals surface area contributed by atoms with Crippen molar-refractivity contribution in [2.24, 2.45) is 11.8 Å². The summed E-state index contributed by atoms with van der Waals surface area (Å²) in [5.74, 6) is 0.0930. The number of carboxylic acid groups (broad SMARTS) is 1. The van der Waals surface area contributed by atoms with Crippen LogP contribution in [-0.4, -0.2) is 23.0 Å². The van der Waals surface area contributed by atoms with Crippen molar-refractivity contribution in [3.63, 3.8) is 0 Å². The van der Waals surface area contributed by atoms with Crippen LogP contribution in [0.1, 0.15) is 44.9 Å². The van der Waals surface area contributed by atoms with E-state index in [-0.39, 0.29) is 24.3 Å². The van der Waals surface area contributed by atoms with Crippen LogP contribution in [-0.2, 0) is 9.59 Å². The fourth-order valence-corrected chi connectivity index (χ4v) is 2.42. The Hall–Kier alpha value is -1.06. The normalized spacial score (nSPS) is 29.8. The second-order valence-corrected chi connectivity index (χ2v) is 5.10. The Kier molecular flexibility index (Phi) is 3.46. The lowest BCUT2D eigenvalue weighted by atomic mass is 9.84. The molecule has 0 aromatic carbocycles. The average Bonchev–Trinajstić information content (AvgIpc) is 3.03. The van der Waals surface area contributed by atoms with Gasteiger partial charge in [0.15, 0.2) is 0 Å². The van der Waals surface area contributed by atoms with Crippen LogP contribution < -0.4 is 5.32 Å². The van der Waals surface area contributed by atoms with E-state index in [4.69, 9.17) is 5.11 Å². The Balaban J connectivity index is 1.68. The standard InChI is InChI=1S/C12H19NO3/c14-11(15)7-8-1-5-10(6-2-8)13-12(16)9-3-4-9/h8-10H,1-7H2,(H,13,16)(H,14,15). The van der Waals surface area contributed by atoms with Crippen molar-refractivity contribution in [1.29, 1.82) is 0 Å². The van der Waals surface area contributed by atoms with Crippen LogP contribution in [0.4, 0.5) is 0 Å². The number of rotatable bonds is 4. The number of carbonyl (C=O) groups is 2. The lowest BCUT2D eigenvalue weighted by Crippen LogP contribution is -2.38. The van der Waals surface area contributed by atoms with Crippen LogP contribution in [0, 0.1) is 11.8 Å². The molecule has 2 aliphatic carbocycles. The number of carbonyl (C=O) groups excluding carboxylic acids is 1. The molecule has 16 heavy (non-hydrogen) atoms. The molecule has 0 aliphatic heterocycles. The van der Waals surface area contributed by atoms with Gasteiger partial charge in [0.05, 0.1) is 0 Å². The van der Waals surface area contributed by atoms with Crippen molar-refractivity contribution >= 4 is 11.9 Å². The third-order valence-electron chi connectivity index (χ3n) is 3.60. The Bertz CT molecular complexity index is 278. The van der Waals surface area contributed by atoms with Gasteiger partial charge in [0, 0.05) is 18.4 Å². The summed E-state index contributed by atoms with van der Waals surface area (Å²) in [5, 5.41) is 11.8. The van der Waals surface area contributed by atoms with E-state index in [0.29, 0.717) is 5.92 Å². The molecule has 0 radical (unpaired) electrons. The quantitative estimate of drug-likeness (QED) is 0.762. The second kappa shape index (κ2) is 4.85. The highest BCUT2D eigenvalue weighted by molar-refractivity contribution is 5.81. The van der Waals surface area contributed by atoms with Gasteiger partial charge < -0.3 is 10.4 Å². The average molecular weight is 225 g/mol. The van der Waals surface area contributed by atoms with Gasteiger partial charge in [0.25, 0.3) is 0 Å². The Labute approximate surface area is 95.4 Å². The third-order valence-corrected chi connectivity index (χ3v) is 3.60. The molecule has 0 aromatic heterocycles. The summed E-state index contributed by atoms with van der Waals surface area (Å²) < 4.78 is 0. The van der Waals surface area contributed by atoms with Crippen molar-refractivity contribution in [3.05, 3.63) is 0 Å². The summed E-state index contributed by atoms with van der Waals surface area (Å²) in [6.07, 6.45) is 6.11. The van der Waals surface area contributed by atoms with Crippen molar-refractivity contribution in [2.75, 3.05) is 0 Å². The monoisotopic (exact) mass is 225 g/mol. The van der Waals surface area contributed by atoms with Gasteiger partial charge in [-0.25, -0.2) is 0 Å². The first kappa shape index (κ1) is 11.4. The molecule has 2 N–H and O–H groups in total. The van der Waals surface area contributed by atoms with Crippen LogP contribution in [0.25, 0.3) is 0 Å². The van der Waals surface area contributed by atoms with Crippen LogP contribution in [0.2, 0.25) is 0 Å². The molecule has 0 atom stereocenters. The summed E-state index contributed by atoms with van der Waals surface area (Å²) in [7, 11) is 0. The fraction of sp³-hybridized carbons (Fsp3) is 0.833. The van der Waals surface area contributed by atoms with Gasteiger partial charge in [0.2, 0.25) is 5.91 Å². The van der Waals surface area contributed by atoms with Crippen LogP contribution >= 0.6 is 0 Å². The van der Waals surface area contributed by atoms with Gasteiger partial charge in [-0.1, -0.05) is 0 Å². The highest BCUT2D eigenvalue weighted by atomic mass is 16.4. The molecule has 90 valence electrons. The second-order valence-electron chi connectivity index (χ2n) is 5.10. The summed E-state index contributed by atoms with van der Waals surface area (Å²) in [4.78, 5) is 22.1. The van der Waals surface area contributed by atoms with E-state index < -0.39 is 5.97 Å². The predicted molar refractivity (Wildman–Crippen MR) is 58.9 cm³/mol. The number of hydrogen-bond donors (Lipinski definition) is 2. The van der Waals surface area contributed by atoms with E-state index in [2.05, 4.69) is 5.32 Å². The number of hydrogen-bond acceptors (Lipinski definition) is 2. The molecule has 4 heteroatoms. The van der Waals surface area contributed by atoms with E-state index in [1.54, 1.807) is 0 Å². The van der Waals surface area contributed by atoms with Crippen molar-refractivity contribution in [2.45, 2.75) is 51.0 Å². The number of carboxylic acids is 1. The van der Waals surface area contributed by atoms with E-state index in [9.17, 15) is 9.59 Å². The molecule has 0 saturated heterocycles. The van der Waals surface area contributed by atoms with Crippen LogP contribution in [0.3, 0.4) is 0 Å². The minimum atomic E-state index is -0.703. The molecule has 4 nitrogen and oxygen atoms in total. The predicted octanol–water partition coefficient (Wildman–Crippen LogP) is 1.55. The topological polar surface area (TPSA) is 66.4 Å². The first-order valence-corrected chi connectivity index (χ1v) is 6.17. The minimum absolute atomic E-state index is 0.210. The molecule has 0 bridgehead atoms. The molecule has 2 aliphatic rings. The van der Waals surface area contributed by atoms with E-state index in [1.807, 2.05) is 0 Å². The number of aliphatic carboxylic acids is 1. The zero-order valence-corrected chi connectivity index (χ0v) is 9.45. The zero-order chi connectivity index (χ0) is 11.5. The molecule has 2 saturated carbocycles. The Morgan fingerprint density at radius 2 is 1.69 bits per heavy atom. The third kappa shape index (κ3) is 3.22. The molecular weight excluding hydrogens is 206 g/mol. The minimum Gasteiger partial charge on any atom is -0.481 e. The first-order valence-electron chi connectivity index (χ1n) is 6.17. The molecule has 1 amide bonds. The smallest absolute Gasteiger partial charge is 0.303 e. The summed E-state index contributed by atoms with van der Waals surface area (Å²) in [5.41, 5.74) is 0. The molecule has 2 rings (SSSR count). The maximum atomic E-state index is 11.5. The molecule has 0 spiro atoms. The van der Waals surface area contributed by atoms with Crippen molar-refractivity contribution < 1.29 is 14.7 Å². The number of amides is 1. The van der Waals surface area contributed by atoms with Crippen LogP contribution in [0.5, 0.6) is 0 Å². The van der Waals surface area contributed by atoms with Gasteiger partial charge in [-0.05, 0) is 44.4 Å². The fourth-order valence-electron chi connectivity index (χ4n) is 2.42. The van der Waals surface area contributed by atoms with Crippen molar-refractivity contribution in [3.8, 4) is 0 Å². The van der Waals surface area contributed by atoms with E-state index in [0.717, 1.165) is 38.5 Å². The van der Waals surface area contributed by atoms with E-state index in [1.165, 1.54) is 0 Å². The molecule has 2 fully saturated rings. The Morgan fingerprint density at radius 3 is 2.19 bits per heavy atom. The largest absolute Gasteiger partial charge is 0.481 e. The molecule has 0 unspecified atom stereocenters. The maximum absolute atomic E-state index is 11.5. The van der Waals surface area contributed by atoms with Crippen LogP contribution in [0.15, 0.2) is 0 Å². The van der Waals surface area contributed by atoms with Crippen molar-refractivity contribution in [1.82, 2.24) is 5.32 Å². The molecule has 0 heterocycles. The lowest BCUT2D eigenvalue weighted by Gasteiger charge is -2.28. The summed E-state index contributed by atoms with van der Waals surface area (Å²) >= 11 is 0. The maximum Gasteiger partial charge on any atom is 0.303 e. The van der Waals surface area contributed by atoms with Gasteiger partial charge >= 0.3 is 5.97 Å². The highest BCUT2D eigenvalue weighted by Crippen LogP contribution is 2.31. The SMILES string of the molecule is O=C(O)CC1CCC(NC(=O)C2CC2)CC1. The van der Waals surface area contributed by atoms with Gasteiger partial charge in [-0.3, -0.25) is 9.59 Å². The highest BCUT2D eigenvalue weighted by Gasteiger charge is 2.32. The zero-order valence-electron chi connectivity index (χ0n) is 9.45. The summed E-state index contributed by atoms with van der Waals surface area (Å²) in [6, 6.07) is 0.290. The van der Waals surface area contributed by atoms with Gasteiger partial charge in [-0.2, -0.15) is 0 Å². The molecule has 0 aromatic rings. The Morgan fingerprint density at radius 1 is 1.06 bits per heavy atom.